The van der Waals surface area contributed by atoms with Gasteiger partial charge in [0, 0.05) is 10.9 Å². The normalized spacial score (nSPS) is 13.8. The van der Waals surface area contributed by atoms with E-state index >= 15 is 0 Å². The third-order valence-corrected chi connectivity index (χ3v) is 3.37. The Bertz CT molecular complexity index is 549. The quantitative estimate of drug-likeness (QED) is 0.927. The van der Waals surface area contributed by atoms with E-state index in [2.05, 4.69) is 0 Å². The molecule has 0 saturated heterocycles. The lowest BCUT2D eigenvalue weighted by atomic mass is 9.85. The number of carbonyl (C=O) groups is 1. The van der Waals surface area contributed by atoms with Gasteiger partial charge in [0.15, 0.2) is 5.78 Å². The minimum atomic E-state index is -1.05. The number of hydrogen-bond acceptors (Lipinski definition) is 2. The Balaban J connectivity index is 2.45. The van der Waals surface area contributed by atoms with Crippen molar-refractivity contribution >= 4 is 17.4 Å². The van der Waals surface area contributed by atoms with E-state index in [-0.39, 0.29) is 11.7 Å². The predicted octanol–water partition coefficient (Wildman–Crippen LogP) is 3.42. The van der Waals surface area contributed by atoms with Gasteiger partial charge in [0.05, 0.1) is 0 Å². The van der Waals surface area contributed by atoms with Gasteiger partial charge in [-0.3, -0.25) is 4.79 Å². The number of halogens is 1. The van der Waals surface area contributed by atoms with Crippen molar-refractivity contribution in [3.8, 4) is 0 Å². The number of aliphatic hydroxyl groups is 1. The van der Waals surface area contributed by atoms with Gasteiger partial charge in [-0.15, -0.1) is 0 Å². The van der Waals surface area contributed by atoms with Gasteiger partial charge in [0.1, 0.15) is 6.10 Å². The van der Waals surface area contributed by atoms with Crippen molar-refractivity contribution in [2.45, 2.75) is 18.9 Å². The summed E-state index contributed by atoms with van der Waals surface area (Å²) in [6.45, 7) is 1.40. The number of ketones is 1. The van der Waals surface area contributed by atoms with E-state index in [9.17, 15) is 9.90 Å². The molecule has 98 valence electrons. The summed E-state index contributed by atoms with van der Waals surface area (Å²) >= 11 is 5.88. The van der Waals surface area contributed by atoms with E-state index in [4.69, 9.17) is 11.6 Å². The molecule has 0 fully saturated rings. The van der Waals surface area contributed by atoms with Crippen LogP contribution in [0.5, 0.6) is 0 Å². The van der Waals surface area contributed by atoms with E-state index in [1.165, 1.54) is 6.92 Å². The molecular formula is C16H15ClO2. The summed E-state index contributed by atoms with van der Waals surface area (Å²) in [4.78, 5) is 11.5. The predicted molar refractivity (Wildman–Crippen MR) is 76.4 cm³/mol. The second-order valence-corrected chi connectivity index (χ2v) is 4.93. The fraction of sp³-hybridized carbons (Fsp3) is 0.188. The van der Waals surface area contributed by atoms with Gasteiger partial charge in [0.25, 0.3) is 0 Å². The van der Waals surface area contributed by atoms with Crippen LogP contribution in [0.2, 0.25) is 5.02 Å². The zero-order valence-corrected chi connectivity index (χ0v) is 11.3. The van der Waals surface area contributed by atoms with Gasteiger partial charge < -0.3 is 5.11 Å². The van der Waals surface area contributed by atoms with Gasteiger partial charge in [-0.25, -0.2) is 0 Å². The molecule has 2 aromatic rings. The van der Waals surface area contributed by atoms with Crippen molar-refractivity contribution in [2.75, 3.05) is 0 Å². The van der Waals surface area contributed by atoms with Gasteiger partial charge in [-0.1, -0.05) is 54.1 Å². The molecule has 0 amide bonds. The SMILES string of the molecule is CC(=O)C(O)C(c1ccccc1)c1ccc(Cl)cc1. The van der Waals surface area contributed by atoms with Gasteiger partial charge in [-0.2, -0.15) is 0 Å². The molecule has 0 aromatic heterocycles. The topological polar surface area (TPSA) is 37.3 Å². The summed E-state index contributed by atoms with van der Waals surface area (Å²) < 4.78 is 0. The van der Waals surface area contributed by atoms with E-state index in [0.717, 1.165) is 11.1 Å². The molecular weight excluding hydrogens is 260 g/mol. The second-order valence-electron chi connectivity index (χ2n) is 4.50. The summed E-state index contributed by atoms with van der Waals surface area (Å²) in [6, 6.07) is 16.7. The summed E-state index contributed by atoms with van der Waals surface area (Å²) in [5, 5.41) is 10.8. The highest BCUT2D eigenvalue weighted by molar-refractivity contribution is 6.30. The number of aliphatic hydroxyl groups excluding tert-OH is 1. The Morgan fingerprint density at radius 1 is 1.00 bits per heavy atom. The molecule has 2 rings (SSSR count). The molecule has 0 aliphatic rings. The third-order valence-electron chi connectivity index (χ3n) is 3.12. The van der Waals surface area contributed by atoms with Crippen LogP contribution in [0.4, 0.5) is 0 Å². The summed E-state index contributed by atoms with van der Waals surface area (Å²) in [7, 11) is 0. The summed E-state index contributed by atoms with van der Waals surface area (Å²) in [6.07, 6.45) is -1.05. The van der Waals surface area contributed by atoms with Crippen LogP contribution in [0.1, 0.15) is 24.0 Å². The van der Waals surface area contributed by atoms with Crippen LogP contribution < -0.4 is 0 Å². The number of hydrogen-bond donors (Lipinski definition) is 1. The first-order valence-electron chi connectivity index (χ1n) is 6.08. The van der Waals surface area contributed by atoms with Crippen LogP contribution in [0.15, 0.2) is 54.6 Å². The van der Waals surface area contributed by atoms with Crippen LogP contribution in [0.25, 0.3) is 0 Å². The molecule has 0 radical (unpaired) electrons. The van der Waals surface area contributed by atoms with Crippen LogP contribution >= 0.6 is 11.6 Å². The third kappa shape index (κ3) is 3.22. The summed E-state index contributed by atoms with van der Waals surface area (Å²) in [5.41, 5.74) is 1.78. The Kier molecular flexibility index (Phi) is 4.35. The largest absolute Gasteiger partial charge is 0.384 e. The fourth-order valence-electron chi connectivity index (χ4n) is 2.12. The lowest BCUT2D eigenvalue weighted by molar-refractivity contribution is -0.125. The molecule has 3 heteroatoms. The zero-order valence-electron chi connectivity index (χ0n) is 10.6. The molecule has 0 aliphatic heterocycles. The van der Waals surface area contributed by atoms with Gasteiger partial charge in [-0.05, 0) is 30.2 Å². The maximum atomic E-state index is 11.5. The Labute approximate surface area is 117 Å². The molecule has 2 nitrogen and oxygen atoms in total. The Morgan fingerprint density at radius 2 is 1.53 bits per heavy atom. The van der Waals surface area contributed by atoms with E-state index in [1.54, 1.807) is 12.1 Å². The minimum absolute atomic E-state index is 0.246. The Morgan fingerprint density at radius 3 is 2.05 bits per heavy atom. The fourth-order valence-corrected chi connectivity index (χ4v) is 2.25. The van der Waals surface area contributed by atoms with Gasteiger partial charge in [0.2, 0.25) is 0 Å². The molecule has 0 spiro atoms. The molecule has 0 aliphatic carbocycles. The average Bonchev–Trinajstić information content (AvgIpc) is 2.42. The molecule has 0 bridgehead atoms. The van der Waals surface area contributed by atoms with E-state index in [1.807, 2.05) is 42.5 Å². The molecule has 2 atom stereocenters. The standard InChI is InChI=1S/C16H15ClO2/c1-11(18)16(19)15(12-5-3-2-4-6-12)13-7-9-14(17)10-8-13/h2-10,15-16,19H,1H3. The summed E-state index contributed by atoms with van der Waals surface area (Å²) in [5.74, 6) is -0.611. The molecule has 1 N–H and O–H groups in total. The molecule has 2 unspecified atom stereocenters. The van der Waals surface area contributed by atoms with Crippen molar-refractivity contribution in [1.82, 2.24) is 0 Å². The number of carbonyl (C=O) groups excluding carboxylic acids is 1. The zero-order chi connectivity index (χ0) is 13.8. The van der Waals surface area contributed by atoms with Crippen molar-refractivity contribution in [2.24, 2.45) is 0 Å². The highest BCUT2D eigenvalue weighted by Gasteiger charge is 2.26. The highest BCUT2D eigenvalue weighted by atomic mass is 35.5. The van der Waals surface area contributed by atoms with E-state index in [0.29, 0.717) is 5.02 Å². The van der Waals surface area contributed by atoms with Crippen LogP contribution in [0.3, 0.4) is 0 Å². The number of rotatable bonds is 4. The first-order valence-corrected chi connectivity index (χ1v) is 6.46. The number of Topliss-reactive ketones (excluding diaryl/α,β-unsaturated/α-hetero) is 1. The first-order chi connectivity index (χ1) is 9.09. The van der Waals surface area contributed by atoms with Crippen molar-refractivity contribution in [3.63, 3.8) is 0 Å². The average molecular weight is 275 g/mol. The first kappa shape index (κ1) is 13.8. The Hall–Kier alpha value is -1.64. The van der Waals surface area contributed by atoms with Crippen LogP contribution in [-0.4, -0.2) is 17.0 Å². The van der Waals surface area contributed by atoms with Crippen molar-refractivity contribution in [1.29, 1.82) is 0 Å². The maximum absolute atomic E-state index is 11.5. The smallest absolute Gasteiger partial charge is 0.159 e. The monoisotopic (exact) mass is 274 g/mol. The number of benzene rings is 2. The lowest BCUT2D eigenvalue weighted by Crippen LogP contribution is -2.26. The van der Waals surface area contributed by atoms with Crippen molar-refractivity contribution in [3.05, 3.63) is 70.7 Å². The maximum Gasteiger partial charge on any atom is 0.159 e. The minimum Gasteiger partial charge on any atom is -0.384 e. The molecule has 0 heterocycles. The van der Waals surface area contributed by atoms with E-state index < -0.39 is 6.10 Å². The van der Waals surface area contributed by atoms with Gasteiger partial charge >= 0.3 is 0 Å². The molecule has 2 aromatic carbocycles. The van der Waals surface area contributed by atoms with Crippen LogP contribution in [0, 0.1) is 0 Å². The second kappa shape index (κ2) is 6.00. The lowest BCUT2D eigenvalue weighted by Gasteiger charge is -2.22. The molecule has 0 saturated carbocycles. The highest BCUT2D eigenvalue weighted by Crippen LogP contribution is 2.29. The van der Waals surface area contributed by atoms with Crippen molar-refractivity contribution < 1.29 is 9.90 Å². The van der Waals surface area contributed by atoms with Crippen LogP contribution in [-0.2, 0) is 4.79 Å². The molecule has 19 heavy (non-hydrogen) atoms.